The number of nitrogens with one attached hydrogen (secondary N) is 2. The van der Waals surface area contributed by atoms with Crippen LogP contribution in [0.25, 0.3) is 11.1 Å². The minimum atomic E-state index is -0.191. The van der Waals surface area contributed by atoms with Crippen LogP contribution in [-0.4, -0.2) is 15.9 Å². The van der Waals surface area contributed by atoms with E-state index in [4.69, 9.17) is 11.6 Å². The molecule has 1 amide bonds. The zero-order valence-corrected chi connectivity index (χ0v) is 16.6. The highest BCUT2D eigenvalue weighted by Crippen LogP contribution is 2.28. The summed E-state index contributed by atoms with van der Waals surface area (Å²) in [6, 6.07) is 15.7. The zero-order valence-electron chi connectivity index (χ0n) is 15.9. The molecule has 2 N–H and O–H groups in total. The minimum absolute atomic E-state index is 0.191. The highest BCUT2D eigenvalue weighted by Gasteiger charge is 2.30. The zero-order chi connectivity index (χ0) is 20.4. The molecule has 0 spiro atoms. The third-order valence-corrected chi connectivity index (χ3v) is 5.08. The second-order valence-electron chi connectivity index (χ2n) is 6.73. The van der Waals surface area contributed by atoms with Gasteiger partial charge in [-0.05, 0) is 35.2 Å². The Kier molecular flexibility index (Phi) is 5.29. The number of allylic oxidation sites excluding steroid dienone is 1. The molecule has 0 aliphatic carbocycles. The van der Waals surface area contributed by atoms with Gasteiger partial charge in [0.15, 0.2) is 0 Å². The van der Waals surface area contributed by atoms with Crippen LogP contribution in [0, 0.1) is 5.21 Å². The van der Waals surface area contributed by atoms with Gasteiger partial charge in [0.2, 0.25) is 0 Å². The predicted molar refractivity (Wildman–Crippen MR) is 113 cm³/mol. The smallest absolute Gasteiger partial charge is 0.270 e. The summed E-state index contributed by atoms with van der Waals surface area (Å²) >= 11 is 5.94. The number of rotatable bonds is 5. The first-order valence-electron chi connectivity index (χ1n) is 9.33. The molecule has 0 atom stereocenters. The van der Waals surface area contributed by atoms with Gasteiger partial charge in [0, 0.05) is 35.9 Å². The third kappa shape index (κ3) is 3.99. The molecule has 0 radical (unpaired) electrons. The van der Waals surface area contributed by atoms with Gasteiger partial charge in [-0.15, -0.1) is 0 Å². The van der Waals surface area contributed by atoms with Crippen molar-refractivity contribution in [2.45, 2.75) is 19.9 Å². The summed E-state index contributed by atoms with van der Waals surface area (Å²) in [7, 11) is 0. The molecule has 4 rings (SSSR count). The van der Waals surface area contributed by atoms with Crippen LogP contribution in [-0.2, 0) is 11.3 Å². The van der Waals surface area contributed by atoms with Crippen LogP contribution in [0.1, 0.15) is 18.9 Å². The van der Waals surface area contributed by atoms with E-state index in [-0.39, 0.29) is 5.91 Å². The van der Waals surface area contributed by atoms with E-state index in [9.17, 15) is 10.0 Å². The van der Waals surface area contributed by atoms with Crippen LogP contribution in [0.15, 0.2) is 84.3 Å². The van der Waals surface area contributed by atoms with E-state index < -0.39 is 0 Å². The fraction of sp³-hybridized carbons (Fsp3) is 0.136. The summed E-state index contributed by atoms with van der Waals surface area (Å²) in [5, 5.41) is 19.0. The lowest BCUT2D eigenvalue weighted by Gasteiger charge is -2.30. The van der Waals surface area contributed by atoms with E-state index >= 15 is 0 Å². The standard InChI is InChI=1S/C22H20ClN4O2/c1-2-19-21(27-12-11-26(29)14-20(27)25-19)22(28)24-13-15-3-5-16(6-4-15)17-7-9-18(23)10-8-17/h3-12,14,25H,2,13H2,1H3,(H,24,28)/q-1. The van der Waals surface area contributed by atoms with E-state index in [1.165, 1.54) is 12.4 Å². The molecular weight excluding hydrogens is 388 g/mol. The van der Waals surface area contributed by atoms with Gasteiger partial charge in [0.25, 0.3) is 5.91 Å². The van der Waals surface area contributed by atoms with Gasteiger partial charge in [-0.25, -0.2) is 0 Å². The maximum Gasteiger partial charge on any atom is 0.270 e. The molecule has 0 saturated carbocycles. The molecule has 2 heterocycles. The van der Waals surface area contributed by atoms with Crippen LogP contribution < -0.4 is 10.6 Å². The van der Waals surface area contributed by atoms with E-state index in [2.05, 4.69) is 10.6 Å². The Morgan fingerprint density at radius 3 is 2.38 bits per heavy atom. The average Bonchev–Trinajstić information content (AvgIpc) is 3.10. The highest BCUT2D eigenvalue weighted by molar-refractivity contribution is 6.30. The lowest BCUT2D eigenvalue weighted by atomic mass is 10.0. The average molecular weight is 408 g/mol. The number of fused-ring (bicyclic) bond motifs is 1. The normalized spacial score (nSPS) is 15.2. The number of nitrogens with zero attached hydrogens (tertiary/aromatic N) is 2. The summed E-state index contributed by atoms with van der Waals surface area (Å²) in [5.74, 6) is 0.389. The monoisotopic (exact) mass is 407 g/mol. The molecule has 2 aromatic rings. The molecule has 148 valence electrons. The fourth-order valence-electron chi connectivity index (χ4n) is 3.31. The topological polar surface area (TPSA) is 70.7 Å². The molecule has 7 heteroatoms. The van der Waals surface area contributed by atoms with Gasteiger partial charge in [-0.3, -0.25) is 9.69 Å². The first-order valence-corrected chi connectivity index (χ1v) is 9.71. The van der Waals surface area contributed by atoms with Crippen molar-refractivity contribution in [3.63, 3.8) is 0 Å². The summed E-state index contributed by atoms with van der Waals surface area (Å²) in [6.07, 6.45) is 5.02. The summed E-state index contributed by atoms with van der Waals surface area (Å²) in [5.41, 5.74) is 4.47. The maximum absolute atomic E-state index is 12.8. The van der Waals surface area contributed by atoms with E-state index in [0.29, 0.717) is 34.6 Å². The van der Waals surface area contributed by atoms with Gasteiger partial charge in [-0.1, -0.05) is 54.9 Å². The van der Waals surface area contributed by atoms with E-state index in [1.54, 1.807) is 11.1 Å². The van der Waals surface area contributed by atoms with Gasteiger partial charge in [0.1, 0.15) is 11.5 Å². The van der Waals surface area contributed by atoms with Crippen molar-refractivity contribution < 1.29 is 4.79 Å². The maximum atomic E-state index is 12.8. The SMILES string of the molecule is CCC1=C(C(=O)NCc2ccc(-c3ccc(Cl)cc3)cc2)N2C=CN([O-])C=C2N1. The molecule has 0 saturated heterocycles. The second-order valence-corrected chi connectivity index (χ2v) is 7.17. The van der Waals surface area contributed by atoms with Crippen molar-refractivity contribution in [1.82, 2.24) is 20.6 Å². The number of hydroxylamine groups is 2. The summed E-state index contributed by atoms with van der Waals surface area (Å²) < 4.78 is 0. The Hall–Kier alpha value is -3.22. The largest absolute Gasteiger partial charge is 0.754 e. The van der Waals surface area contributed by atoms with Gasteiger partial charge >= 0.3 is 0 Å². The summed E-state index contributed by atoms with van der Waals surface area (Å²) in [4.78, 5) is 14.5. The van der Waals surface area contributed by atoms with Crippen LogP contribution in [0.5, 0.6) is 0 Å². The van der Waals surface area contributed by atoms with Crippen LogP contribution >= 0.6 is 11.6 Å². The quantitative estimate of drug-likeness (QED) is 0.776. The number of halogens is 1. The van der Waals surface area contributed by atoms with Crippen LogP contribution in [0.3, 0.4) is 0 Å². The molecular formula is C22H20ClN4O2-. The summed E-state index contributed by atoms with van der Waals surface area (Å²) in [6.45, 7) is 2.37. The number of hydrogen-bond acceptors (Lipinski definition) is 5. The van der Waals surface area contributed by atoms with Gasteiger partial charge in [-0.2, -0.15) is 0 Å². The number of amides is 1. The van der Waals surface area contributed by atoms with Crippen LogP contribution in [0.4, 0.5) is 0 Å². The van der Waals surface area contributed by atoms with E-state index in [1.807, 2.05) is 55.5 Å². The Balaban J connectivity index is 1.43. The number of carbonyl (C=O) groups is 1. The molecule has 29 heavy (non-hydrogen) atoms. The number of carbonyl (C=O) groups excluding carboxylic acids is 1. The van der Waals surface area contributed by atoms with Crippen molar-refractivity contribution in [2.75, 3.05) is 0 Å². The molecule has 0 aromatic heterocycles. The predicted octanol–water partition coefficient (Wildman–Crippen LogP) is 4.23. The molecule has 0 fully saturated rings. The lowest BCUT2D eigenvalue weighted by Crippen LogP contribution is -2.31. The van der Waals surface area contributed by atoms with Crippen molar-refractivity contribution in [3.8, 4) is 11.1 Å². The first-order chi connectivity index (χ1) is 14.0. The third-order valence-electron chi connectivity index (χ3n) is 4.83. The highest BCUT2D eigenvalue weighted by atomic mass is 35.5. The Bertz CT molecular complexity index is 1010. The Labute approximate surface area is 174 Å². The molecule has 2 aromatic carbocycles. The first kappa shape index (κ1) is 19.1. The van der Waals surface area contributed by atoms with Crippen molar-refractivity contribution >= 4 is 17.5 Å². The molecule has 2 aliphatic heterocycles. The molecule has 0 bridgehead atoms. The van der Waals surface area contributed by atoms with E-state index in [0.717, 1.165) is 22.4 Å². The fourth-order valence-corrected chi connectivity index (χ4v) is 3.44. The van der Waals surface area contributed by atoms with Gasteiger partial charge in [0.05, 0.1) is 0 Å². The van der Waals surface area contributed by atoms with Gasteiger partial charge < -0.3 is 20.9 Å². The number of hydrogen-bond donors (Lipinski definition) is 2. The Morgan fingerprint density at radius 2 is 1.72 bits per heavy atom. The van der Waals surface area contributed by atoms with Crippen LogP contribution in [0.2, 0.25) is 5.02 Å². The van der Waals surface area contributed by atoms with Crippen molar-refractivity contribution in [3.05, 3.63) is 100 Å². The molecule has 2 aliphatic rings. The lowest BCUT2D eigenvalue weighted by molar-refractivity contribution is -0.118. The number of benzene rings is 2. The van der Waals surface area contributed by atoms with Crippen molar-refractivity contribution in [2.24, 2.45) is 0 Å². The molecule has 0 unspecified atom stereocenters. The minimum Gasteiger partial charge on any atom is -0.754 e. The Morgan fingerprint density at radius 1 is 1.07 bits per heavy atom. The molecule has 6 nitrogen and oxygen atoms in total. The van der Waals surface area contributed by atoms with Crippen molar-refractivity contribution in [1.29, 1.82) is 0 Å². The second kappa shape index (κ2) is 8.03.